The van der Waals surface area contributed by atoms with E-state index in [-0.39, 0.29) is 6.42 Å². The van der Waals surface area contributed by atoms with E-state index in [1.54, 1.807) is 18.0 Å². The maximum atomic E-state index is 13.3. The lowest BCUT2D eigenvalue weighted by atomic mass is 9.93. The smallest absolute Gasteiger partial charge is 0.323 e. The number of likely N-dealkylation sites (N-methyl/N-ethyl adjacent to an activating group) is 1. The topological polar surface area (TPSA) is 66.8 Å². The van der Waals surface area contributed by atoms with Crippen LogP contribution in [-0.4, -0.2) is 42.1 Å². The van der Waals surface area contributed by atoms with E-state index in [4.69, 9.17) is 4.74 Å². The number of benzene rings is 1. The molecule has 1 heterocycles. The lowest BCUT2D eigenvalue weighted by Crippen LogP contribution is -2.35. The summed E-state index contributed by atoms with van der Waals surface area (Å²) in [6.45, 7) is 0. The lowest BCUT2D eigenvalue weighted by molar-refractivity contribution is -0.145. The van der Waals surface area contributed by atoms with Gasteiger partial charge >= 0.3 is 11.9 Å². The van der Waals surface area contributed by atoms with Crippen molar-refractivity contribution in [3.05, 3.63) is 35.6 Å². The third-order valence-corrected chi connectivity index (χ3v) is 3.77. The van der Waals surface area contributed by atoms with Gasteiger partial charge in [0.25, 0.3) is 0 Å². The molecule has 6 heteroatoms. The first kappa shape index (κ1) is 14.5. The Hall–Kier alpha value is -1.95. The van der Waals surface area contributed by atoms with Gasteiger partial charge in [-0.05, 0) is 31.2 Å². The highest BCUT2D eigenvalue weighted by molar-refractivity contribution is 5.79. The van der Waals surface area contributed by atoms with E-state index >= 15 is 0 Å². The number of esters is 1. The molecule has 0 radical (unpaired) electrons. The molecule has 0 aromatic heterocycles. The summed E-state index contributed by atoms with van der Waals surface area (Å²) in [6.07, 6.45) is 0.152. The first-order valence-corrected chi connectivity index (χ1v) is 6.23. The number of methoxy groups -OCH3 is 1. The summed E-state index contributed by atoms with van der Waals surface area (Å²) in [5, 5.41) is 9.33. The summed E-state index contributed by atoms with van der Waals surface area (Å²) in [4.78, 5) is 24.7. The molecule has 1 aliphatic rings. The van der Waals surface area contributed by atoms with Crippen LogP contribution in [0.5, 0.6) is 0 Å². The van der Waals surface area contributed by atoms with Crippen LogP contribution in [0.15, 0.2) is 24.3 Å². The second-order valence-electron chi connectivity index (χ2n) is 4.88. The number of rotatable bonds is 3. The predicted molar refractivity (Wildman–Crippen MR) is 68.5 cm³/mol. The van der Waals surface area contributed by atoms with E-state index in [0.717, 1.165) is 0 Å². The van der Waals surface area contributed by atoms with Crippen molar-refractivity contribution in [3.63, 3.8) is 0 Å². The van der Waals surface area contributed by atoms with Gasteiger partial charge in [-0.25, -0.2) is 4.39 Å². The Labute approximate surface area is 116 Å². The Kier molecular flexibility index (Phi) is 4.04. The van der Waals surface area contributed by atoms with Crippen LogP contribution in [0.25, 0.3) is 0 Å². The van der Waals surface area contributed by atoms with Gasteiger partial charge in [-0.2, -0.15) is 0 Å². The van der Waals surface area contributed by atoms with Crippen molar-refractivity contribution in [1.29, 1.82) is 0 Å². The number of carbonyl (C=O) groups is 2. The Morgan fingerprint density at radius 1 is 1.45 bits per heavy atom. The van der Waals surface area contributed by atoms with Crippen LogP contribution < -0.4 is 0 Å². The van der Waals surface area contributed by atoms with E-state index in [9.17, 15) is 19.1 Å². The van der Waals surface area contributed by atoms with Gasteiger partial charge in [-0.1, -0.05) is 12.1 Å². The second-order valence-corrected chi connectivity index (χ2v) is 4.88. The van der Waals surface area contributed by atoms with E-state index in [1.165, 1.54) is 25.3 Å². The molecule has 5 nitrogen and oxygen atoms in total. The van der Waals surface area contributed by atoms with E-state index in [1.807, 2.05) is 0 Å². The van der Waals surface area contributed by atoms with Crippen LogP contribution in [0.1, 0.15) is 18.0 Å². The van der Waals surface area contributed by atoms with Crippen molar-refractivity contribution in [3.8, 4) is 0 Å². The highest BCUT2D eigenvalue weighted by atomic mass is 19.1. The number of hydrogen-bond acceptors (Lipinski definition) is 4. The van der Waals surface area contributed by atoms with Gasteiger partial charge in [-0.3, -0.25) is 14.5 Å². The Balaban J connectivity index is 2.38. The van der Waals surface area contributed by atoms with Gasteiger partial charge in [0, 0.05) is 6.04 Å². The minimum Gasteiger partial charge on any atom is -0.481 e. The highest BCUT2D eigenvalue weighted by Gasteiger charge is 2.47. The molecule has 1 saturated heterocycles. The zero-order valence-corrected chi connectivity index (χ0v) is 11.2. The minimum absolute atomic E-state index is 0.152. The molecule has 1 aliphatic heterocycles. The number of halogens is 1. The fourth-order valence-electron chi connectivity index (χ4n) is 2.81. The van der Waals surface area contributed by atoms with E-state index in [2.05, 4.69) is 0 Å². The van der Waals surface area contributed by atoms with Crippen LogP contribution in [-0.2, 0) is 14.3 Å². The maximum Gasteiger partial charge on any atom is 0.323 e. The van der Waals surface area contributed by atoms with Gasteiger partial charge < -0.3 is 9.84 Å². The average molecular weight is 281 g/mol. The first-order chi connectivity index (χ1) is 9.45. The van der Waals surface area contributed by atoms with E-state index < -0.39 is 35.8 Å². The number of likely N-dealkylation sites (tertiary alicyclic amines) is 1. The summed E-state index contributed by atoms with van der Waals surface area (Å²) in [5.41, 5.74) is 0.548. The van der Waals surface area contributed by atoms with Gasteiger partial charge in [-0.15, -0.1) is 0 Å². The van der Waals surface area contributed by atoms with Crippen molar-refractivity contribution in [2.75, 3.05) is 14.2 Å². The van der Waals surface area contributed by atoms with Crippen LogP contribution in [0.2, 0.25) is 0 Å². The largest absolute Gasteiger partial charge is 0.481 e. The Morgan fingerprint density at radius 3 is 2.70 bits per heavy atom. The third kappa shape index (κ3) is 2.51. The van der Waals surface area contributed by atoms with Crippen molar-refractivity contribution in [2.24, 2.45) is 5.92 Å². The zero-order valence-electron chi connectivity index (χ0n) is 11.2. The molecular formula is C14H16FNO4. The molecule has 1 aromatic rings. The second kappa shape index (κ2) is 5.58. The van der Waals surface area contributed by atoms with Crippen LogP contribution in [0.4, 0.5) is 4.39 Å². The van der Waals surface area contributed by atoms with Crippen LogP contribution in [0.3, 0.4) is 0 Å². The lowest BCUT2D eigenvalue weighted by Gasteiger charge is -2.25. The number of hydrogen-bond donors (Lipinski definition) is 1. The molecule has 3 atom stereocenters. The zero-order chi connectivity index (χ0) is 14.9. The van der Waals surface area contributed by atoms with Gasteiger partial charge in [0.05, 0.1) is 13.0 Å². The number of carboxylic acids is 1. The number of aliphatic carboxylic acids is 1. The maximum absolute atomic E-state index is 13.3. The number of carbonyl (C=O) groups excluding carboxylic acids is 1. The standard InChI is InChI=1S/C14H16FNO4/c1-16-11(14(19)20-2)7-10(13(17)18)12(16)8-4-3-5-9(15)6-8/h3-6,10-12H,7H2,1-2H3,(H,17,18)/t10-,11-,12+/m1/s1. The highest BCUT2D eigenvalue weighted by Crippen LogP contribution is 2.40. The first-order valence-electron chi connectivity index (χ1n) is 6.23. The number of nitrogens with zero attached hydrogens (tertiary/aromatic N) is 1. The molecule has 20 heavy (non-hydrogen) atoms. The van der Waals surface area contributed by atoms with Gasteiger partial charge in [0.2, 0.25) is 0 Å². The van der Waals surface area contributed by atoms with Gasteiger partial charge in [0.15, 0.2) is 0 Å². The molecular weight excluding hydrogens is 265 g/mol. The van der Waals surface area contributed by atoms with Crippen molar-refractivity contribution in [2.45, 2.75) is 18.5 Å². The fourth-order valence-corrected chi connectivity index (χ4v) is 2.81. The molecule has 0 bridgehead atoms. The third-order valence-electron chi connectivity index (χ3n) is 3.77. The summed E-state index contributed by atoms with van der Waals surface area (Å²) >= 11 is 0. The summed E-state index contributed by atoms with van der Waals surface area (Å²) < 4.78 is 18.0. The molecule has 108 valence electrons. The molecule has 2 rings (SSSR count). The summed E-state index contributed by atoms with van der Waals surface area (Å²) in [5.74, 6) is -2.68. The molecule has 1 N–H and O–H groups in total. The fraction of sp³-hybridized carbons (Fsp3) is 0.429. The summed E-state index contributed by atoms with van der Waals surface area (Å²) in [6, 6.07) is 4.62. The quantitative estimate of drug-likeness (QED) is 0.849. The van der Waals surface area contributed by atoms with E-state index in [0.29, 0.717) is 5.56 Å². The van der Waals surface area contributed by atoms with Crippen molar-refractivity contribution >= 4 is 11.9 Å². The number of carboxylic acid groups (broad SMARTS) is 1. The monoisotopic (exact) mass is 281 g/mol. The van der Waals surface area contributed by atoms with Crippen LogP contribution >= 0.6 is 0 Å². The predicted octanol–water partition coefficient (Wildman–Crippen LogP) is 1.44. The van der Waals surface area contributed by atoms with Crippen molar-refractivity contribution in [1.82, 2.24) is 4.90 Å². The van der Waals surface area contributed by atoms with Gasteiger partial charge in [0.1, 0.15) is 11.9 Å². The molecule has 0 unspecified atom stereocenters. The molecule has 1 fully saturated rings. The Bertz CT molecular complexity index is 534. The minimum atomic E-state index is -1.00. The summed E-state index contributed by atoms with van der Waals surface area (Å²) in [7, 11) is 2.92. The average Bonchev–Trinajstić information content (AvgIpc) is 2.75. The molecule has 0 spiro atoms. The number of ether oxygens (including phenoxy) is 1. The Morgan fingerprint density at radius 2 is 2.15 bits per heavy atom. The molecule has 0 aliphatic carbocycles. The molecule has 0 amide bonds. The molecule has 0 saturated carbocycles. The SMILES string of the molecule is COC(=O)[C@H]1C[C@@H](C(=O)O)[C@H](c2cccc(F)c2)N1C. The molecule has 1 aromatic carbocycles. The van der Waals surface area contributed by atoms with Crippen molar-refractivity contribution < 1.29 is 23.8 Å². The van der Waals surface area contributed by atoms with Crippen LogP contribution in [0, 0.1) is 11.7 Å². The normalized spacial score (nSPS) is 26.4.